The highest BCUT2D eigenvalue weighted by Gasteiger charge is 2.34. The fraction of sp³-hybridized carbons (Fsp3) is 0.484. The summed E-state index contributed by atoms with van der Waals surface area (Å²) in [4.78, 5) is 21.7. The van der Waals surface area contributed by atoms with Crippen molar-refractivity contribution in [3.05, 3.63) is 80.9 Å². The van der Waals surface area contributed by atoms with Crippen LogP contribution < -0.4 is 10.3 Å². The number of nitrogens with zero attached hydrogens (tertiary/aromatic N) is 6. The van der Waals surface area contributed by atoms with Crippen LogP contribution in [0.25, 0.3) is 10.9 Å². The molecule has 0 radical (unpaired) electrons. The lowest BCUT2D eigenvalue weighted by molar-refractivity contribution is 0.0982. The molecule has 10 heteroatoms. The van der Waals surface area contributed by atoms with Gasteiger partial charge in [-0.05, 0) is 89.5 Å². The molecule has 0 spiro atoms. The molecule has 2 aliphatic rings. The van der Waals surface area contributed by atoms with E-state index in [1.54, 1.807) is 7.11 Å². The van der Waals surface area contributed by atoms with Gasteiger partial charge in [-0.3, -0.25) is 14.6 Å². The number of benzene rings is 2. The van der Waals surface area contributed by atoms with Gasteiger partial charge in [0, 0.05) is 43.8 Å². The van der Waals surface area contributed by atoms with Crippen molar-refractivity contribution in [3.8, 4) is 5.75 Å². The minimum atomic E-state index is -0.314. The van der Waals surface area contributed by atoms with Gasteiger partial charge in [0.1, 0.15) is 11.8 Å². The van der Waals surface area contributed by atoms with E-state index in [-0.39, 0.29) is 30.0 Å². The quantitative estimate of drug-likeness (QED) is 0.331. The molecule has 2 aromatic heterocycles. The van der Waals surface area contributed by atoms with E-state index >= 15 is 0 Å². The summed E-state index contributed by atoms with van der Waals surface area (Å²) < 4.78 is 7.44. The second-order valence-corrected chi connectivity index (χ2v) is 11.4. The molecule has 0 bridgehead atoms. The number of tetrazole rings is 1. The number of methoxy groups -OCH3 is 1. The van der Waals surface area contributed by atoms with Gasteiger partial charge in [-0.1, -0.05) is 31.4 Å². The molecule has 1 saturated heterocycles. The number of aryl methyl sites for hydroxylation is 2. The molecule has 1 aliphatic heterocycles. The fourth-order valence-electron chi connectivity index (χ4n) is 6.37. The summed E-state index contributed by atoms with van der Waals surface area (Å²) in [5.41, 5.74) is 5.12. The second-order valence-electron chi connectivity index (χ2n) is 11.4. The molecule has 41 heavy (non-hydrogen) atoms. The van der Waals surface area contributed by atoms with E-state index in [1.165, 1.54) is 36.0 Å². The van der Waals surface area contributed by atoms with Crippen molar-refractivity contribution >= 4 is 23.3 Å². The predicted molar refractivity (Wildman–Crippen MR) is 163 cm³/mol. The van der Waals surface area contributed by atoms with Crippen LogP contribution >= 0.6 is 12.4 Å². The zero-order valence-corrected chi connectivity index (χ0v) is 25.0. The minimum absolute atomic E-state index is 0. The first-order valence-corrected chi connectivity index (χ1v) is 14.5. The number of pyridine rings is 1. The maximum absolute atomic E-state index is 13.7. The highest BCUT2D eigenvalue weighted by atomic mass is 35.5. The van der Waals surface area contributed by atoms with Gasteiger partial charge < -0.3 is 9.72 Å². The molecule has 218 valence electrons. The largest absolute Gasteiger partial charge is 0.497 e. The van der Waals surface area contributed by atoms with Gasteiger partial charge in [-0.2, -0.15) is 0 Å². The van der Waals surface area contributed by atoms with Gasteiger partial charge in [0.15, 0.2) is 5.82 Å². The van der Waals surface area contributed by atoms with Crippen molar-refractivity contribution < 1.29 is 4.74 Å². The summed E-state index contributed by atoms with van der Waals surface area (Å²) in [5.74, 6) is 1.66. The van der Waals surface area contributed by atoms with Crippen LogP contribution in [0.2, 0.25) is 0 Å². The molecule has 1 atom stereocenters. The average Bonchev–Trinajstić information content (AvgIpc) is 3.45. The number of nitrogens with one attached hydrogen (secondary N) is 1. The molecule has 6 rings (SSSR count). The van der Waals surface area contributed by atoms with Gasteiger partial charge in [0.05, 0.1) is 13.2 Å². The highest BCUT2D eigenvalue weighted by molar-refractivity contribution is 5.85. The number of H-pyrrole nitrogens is 1. The first-order chi connectivity index (χ1) is 19.5. The van der Waals surface area contributed by atoms with Crippen molar-refractivity contribution in [1.82, 2.24) is 35.0 Å². The van der Waals surface area contributed by atoms with Gasteiger partial charge >= 0.3 is 0 Å². The molecule has 0 amide bonds. The second kappa shape index (κ2) is 12.7. The van der Waals surface area contributed by atoms with Crippen molar-refractivity contribution in [3.63, 3.8) is 0 Å². The van der Waals surface area contributed by atoms with E-state index in [4.69, 9.17) is 4.74 Å². The number of hydrogen-bond acceptors (Lipinski definition) is 7. The lowest BCUT2D eigenvalue weighted by Crippen LogP contribution is -2.48. The number of halogens is 1. The molecule has 1 aliphatic carbocycles. The molecule has 2 fully saturated rings. The van der Waals surface area contributed by atoms with Crippen LogP contribution in [0.5, 0.6) is 5.75 Å². The number of piperazine rings is 1. The van der Waals surface area contributed by atoms with E-state index in [0.29, 0.717) is 5.56 Å². The number of aromatic amines is 1. The van der Waals surface area contributed by atoms with E-state index in [0.717, 1.165) is 68.0 Å². The number of ether oxygens (including phenoxy) is 1. The summed E-state index contributed by atoms with van der Waals surface area (Å²) in [7, 11) is 1.70. The lowest BCUT2D eigenvalue weighted by atomic mass is 9.95. The van der Waals surface area contributed by atoms with Crippen LogP contribution in [0.1, 0.15) is 72.3 Å². The Hall–Kier alpha value is -3.27. The van der Waals surface area contributed by atoms with Gasteiger partial charge in [0.2, 0.25) is 0 Å². The molecular formula is C31H40ClN7O2. The van der Waals surface area contributed by atoms with Crippen LogP contribution in [0.4, 0.5) is 0 Å². The van der Waals surface area contributed by atoms with Gasteiger partial charge in [-0.15, -0.1) is 17.5 Å². The Bertz CT molecular complexity index is 1540. The Balaban J connectivity index is 0.00000337. The summed E-state index contributed by atoms with van der Waals surface area (Å²) in [6.07, 6.45) is 5.78. The van der Waals surface area contributed by atoms with E-state index in [1.807, 2.05) is 16.8 Å². The van der Waals surface area contributed by atoms with Crippen LogP contribution in [0, 0.1) is 13.8 Å². The Labute approximate surface area is 247 Å². The summed E-state index contributed by atoms with van der Waals surface area (Å²) in [6.45, 7) is 8.47. The molecule has 1 N–H and O–H groups in total. The third-order valence-electron chi connectivity index (χ3n) is 8.78. The first kappa shape index (κ1) is 29.2. The normalized spacial score (nSPS) is 17.8. The maximum atomic E-state index is 13.7. The molecule has 1 saturated carbocycles. The zero-order chi connectivity index (χ0) is 27.6. The smallest absolute Gasteiger partial charge is 0.253 e. The maximum Gasteiger partial charge on any atom is 0.253 e. The molecule has 1 unspecified atom stereocenters. The van der Waals surface area contributed by atoms with E-state index in [2.05, 4.69) is 74.5 Å². The molecule has 9 nitrogen and oxygen atoms in total. The van der Waals surface area contributed by atoms with E-state index in [9.17, 15) is 4.79 Å². The summed E-state index contributed by atoms with van der Waals surface area (Å²) >= 11 is 0. The molecule has 4 aromatic rings. The lowest BCUT2D eigenvalue weighted by Gasteiger charge is -2.39. The Morgan fingerprint density at radius 2 is 1.76 bits per heavy atom. The Kier molecular flexibility index (Phi) is 9.06. The number of rotatable bonds is 7. The number of fused-ring (bicyclic) bond motifs is 1. The summed E-state index contributed by atoms with van der Waals surface area (Å²) in [5, 5.41) is 14.2. The zero-order valence-electron chi connectivity index (χ0n) is 24.2. The van der Waals surface area contributed by atoms with Crippen LogP contribution in [-0.2, 0) is 6.54 Å². The fourth-order valence-corrected chi connectivity index (χ4v) is 6.37. The van der Waals surface area contributed by atoms with Crippen LogP contribution in [0.15, 0.2) is 47.3 Å². The average molecular weight is 578 g/mol. The highest BCUT2D eigenvalue weighted by Crippen LogP contribution is 2.33. The summed E-state index contributed by atoms with van der Waals surface area (Å²) in [6, 6.07) is 14.5. The third-order valence-corrected chi connectivity index (χ3v) is 8.78. The number of hydrogen-bond donors (Lipinski definition) is 1. The van der Waals surface area contributed by atoms with Crippen molar-refractivity contribution in [2.45, 2.75) is 64.6 Å². The monoisotopic (exact) mass is 577 g/mol. The van der Waals surface area contributed by atoms with Gasteiger partial charge in [-0.25, -0.2) is 4.68 Å². The Morgan fingerprint density at radius 3 is 2.51 bits per heavy atom. The third kappa shape index (κ3) is 6.17. The van der Waals surface area contributed by atoms with E-state index < -0.39 is 0 Å². The van der Waals surface area contributed by atoms with Crippen LogP contribution in [0.3, 0.4) is 0 Å². The first-order valence-electron chi connectivity index (χ1n) is 14.5. The topological polar surface area (TPSA) is 92.2 Å². The predicted octanol–water partition coefficient (Wildman–Crippen LogP) is 4.97. The van der Waals surface area contributed by atoms with Crippen molar-refractivity contribution in [2.24, 2.45) is 0 Å². The standard InChI is InChI=1S/C31H39N7O2.ClH/c1-21-16-24-19-27(31(39)32-28(24)17-22(21)2)29(30-33-34-35-38(30)25-9-5-4-6-10-25)37-14-12-36(13-15-37)20-23-8-7-11-26(18-23)40-3;/h7-8,11,16-19,25,29H,4-6,9-10,12-15,20H2,1-3H3,(H,32,39);1H. The Morgan fingerprint density at radius 1 is 1.00 bits per heavy atom. The minimum Gasteiger partial charge on any atom is -0.497 e. The van der Waals surface area contributed by atoms with Crippen molar-refractivity contribution in [2.75, 3.05) is 33.3 Å². The molecule has 3 heterocycles. The SMILES string of the molecule is COc1cccc(CN2CCN(C(c3cc4cc(C)c(C)cc4[nH]c3=O)c3nnnn3C3CCCCC3)CC2)c1.Cl. The molecular weight excluding hydrogens is 538 g/mol. The van der Waals surface area contributed by atoms with Crippen molar-refractivity contribution in [1.29, 1.82) is 0 Å². The van der Waals surface area contributed by atoms with Crippen LogP contribution in [-0.4, -0.2) is 68.3 Å². The molecule has 2 aromatic carbocycles. The number of aromatic nitrogens is 5. The van der Waals surface area contributed by atoms with Gasteiger partial charge in [0.25, 0.3) is 5.56 Å².